The van der Waals surface area contributed by atoms with E-state index in [-0.39, 0.29) is 33.7 Å². The lowest BCUT2D eigenvalue weighted by atomic mass is 10.2. The number of anilines is 3. The minimum Gasteiger partial charge on any atom is -0.494 e. The molecular weight excluding hydrogens is 381 g/mol. The van der Waals surface area contributed by atoms with Crippen LogP contribution >= 0.6 is 11.6 Å². The third kappa shape index (κ3) is 5.22. The van der Waals surface area contributed by atoms with Crippen LogP contribution in [0.2, 0.25) is 0 Å². The summed E-state index contributed by atoms with van der Waals surface area (Å²) in [5, 5.41) is 2.69. The molecule has 2 N–H and O–H groups in total. The highest BCUT2D eigenvalue weighted by atomic mass is 35.5. The SMILES string of the molecule is CC.COc1cc(=O)n(C)c(Nc2ccc(C)cc2F)c1NS(=O)CCl. The summed E-state index contributed by atoms with van der Waals surface area (Å²) in [6.45, 7) is 5.77. The van der Waals surface area contributed by atoms with Crippen LogP contribution in [-0.2, 0) is 18.0 Å². The topological polar surface area (TPSA) is 72.4 Å². The van der Waals surface area contributed by atoms with Gasteiger partial charge in [0.1, 0.15) is 33.5 Å². The number of ether oxygens (including phenoxy) is 1. The van der Waals surface area contributed by atoms with Crippen LogP contribution in [0.25, 0.3) is 0 Å². The van der Waals surface area contributed by atoms with Gasteiger partial charge in [0, 0.05) is 13.1 Å². The van der Waals surface area contributed by atoms with Gasteiger partial charge in [-0.3, -0.25) is 14.1 Å². The first-order valence-corrected chi connectivity index (χ1v) is 9.75. The summed E-state index contributed by atoms with van der Waals surface area (Å²) in [5.74, 6) is -0.0955. The molecule has 0 aliphatic heterocycles. The largest absolute Gasteiger partial charge is 0.494 e. The van der Waals surface area contributed by atoms with Crippen molar-refractivity contribution in [2.45, 2.75) is 20.8 Å². The van der Waals surface area contributed by atoms with E-state index in [0.29, 0.717) is 0 Å². The van der Waals surface area contributed by atoms with Gasteiger partial charge in [0.05, 0.1) is 12.8 Å². The van der Waals surface area contributed by atoms with Gasteiger partial charge < -0.3 is 10.1 Å². The van der Waals surface area contributed by atoms with Crippen LogP contribution in [0.4, 0.5) is 21.6 Å². The van der Waals surface area contributed by atoms with Gasteiger partial charge in [0.2, 0.25) is 0 Å². The molecular formula is C17H23ClFN3O3S. The zero-order chi connectivity index (χ0) is 19.9. The van der Waals surface area contributed by atoms with E-state index in [4.69, 9.17) is 16.3 Å². The zero-order valence-electron chi connectivity index (χ0n) is 15.4. The molecule has 1 unspecified atom stereocenters. The highest BCUT2D eigenvalue weighted by molar-refractivity contribution is 7.87. The number of aromatic nitrogens is 1. The van der Waals surface area contributed by atoms with Gasteiger partial charge in [-0.15, -0.1) is 11.6 Å². The van der Waals surface area contributed by atoms with Gasteiger partial charge in [-0.25, -0.2) is 8.60 Å². The minimum atomic E-state index is -1.60. The average Bonchev–Trinajstić information content (AvgIpc) is 2.64. The molecule has 6 nitrogen and oxygen atoms in total. The molecule has 0 fully saturated rings. The van der Waals surface area contributed by atoms with Gasteiger partial charge in [-0.1, -0.05) is 19.9 Å². The Balaban J connectivity index is 0.00000163. The molecule has 0 aliphatic rings. The first kappa shape index (κ1) is 22.0. The Morgan fingerprint density at radius 3 is 2.50 bits per heavy atom. The summed E-state index contributed by atoms with van der Waals surface area (Å²) in [6, 6.07) is 5.89. The van der Waals surface area contributed by atoms with Crippen molar-refractivity contribution in [1.82, 2.24) is 4.57 Å². The third-order valence-electron chi connectivity index (χ3n) is 3.32. The monoisotopic (exact) mass is 403 g/mol. The quantitative estimate of drug-likeness (QED) is 0.718. The number of methoxy groups -OCH3 is 1. The Hall–Kier alpha value is -2.06. The van der Waals surface area contributed by atoms with E-state index in [2.05, 4.69) is 10.0 Å². The second-order valence-corrected chi connectivity index (χ2v) is 6.77. The van der Waals surface area contributed by atoms with Gasteiger partial charge >= 0.3 is 0 Å². The molecule has 0 radical (unpaired) electrons. The molecule has 144 valence electrons. The number of halogens is 2. The molecule has 1 aromatic heterocycles. The van der Waals surface area contributed by atoms with E-state index >= 15 is 0 Å². The van der Waals surface area contributed by atoms with Crippen molar-refractivity contribution in [2.24, 2.45) is 7.05 Å². The van der Waals surface area contributed by atoms with E-state index in [9.17, 15) is 13.4 Å². The summed E-state index contributed by atoms with van der Waals surface area (Å²) in [4.78, 5) is 12.1. The maximum absolute atomic E-state index is 14.1. The third-order valence-corrected chi connectivity index (χ3v) is 4.54. The molecule has 26 heavy (non-hydrogen) atoms. The van der Waals surface area contributed by atoms with Gasteiger partial charge in [0.15, 0.2) is 5.75 Å². The maximum atomic E-state index is 14.1. The van der Waals surface area contributed by atoms with Gasteiger partial charge in [-0.05, 0) is 24.6 Å². The average molecular weight is 404 g/mol. The molecule has 1 aromatic carbocycles. The highest BCUT2D eigenvalue weighted by Gasteiger charge is 2.18. The van der Waals surface area contributed by atoms with Crippen LogP contribution in [0, 0.1) is 12.7 Å². The number of hydrogen-bond acceptors (Lipinski definition) is 4. The Morgan fingerprint density at radius 1 is 1.31 bits per heavy atom. The lowest BCUT2D eigenvalue weighted by Gasteiger charge is -2.19. The molecule has 0 bridgehead atoms. The van der Waals surface area contributed by atoms with Crippen LogP contribution in [0.1, 0.15) is 19.4 Å². The van der Waals surface area contributed by atoms with Gasteiger partial charge in [-0.2, -0.15) is 0 Å². The number of pyridine rings is 1. The van der Waals surface area contributed by atoms with Crippen molar-refractivity contribution in [3.05, 3.63) is 46.0 Å². The summed E-state index contributed by atoms with van der Waals surface area (Å²) >= 11 is 5.57. The lowest BCUT2D eigenvalue weighted by molar-refractivity contribution is 0.415. The predicted molar refractivity (Wildman–Crippen MR) is 106 cm³/mol. The fraction of sp³-hybridized carbons (Fsp3) is 0.353. The van der Waals surface area contributed by atoms with Crippen LogP contribution in [0.15, 0.2) is 29.1 Å². The smallest absolute Gasteiger partial charge is 0.255 e. The first-order valence-electron chi connectivity index (χ1n) is 7.89. The molecule has 9 heteroatoms. The molecule has 0 saturated carbocycles. The minimum absolute atomic E-state index is 0.162. The van der Waals surface area contributed by atoms with Crippen LogP contribution < -0.4 is 20.3 Å². The van der Waals surface area contributed by atoms with Crippen molar-refractivity contribution < 1.29 is 13.3 Å². The second-order valence-electron chi connectivity index (χ2n) is 5.00. The van der Waals surface area contributed by atoms with Crippen molar-refractivity contribution in [3.63, 3.8) is 0 Å². The van der Waals surface area contributed by atoms with Gasteiger partial charge in [0.25, 0.3) is 5.56 Å². The molecule has 2 rings (SSSR count). The predicted octanol–water partition coefficient (Wildman–Crippen LogP) is 3.88. The van der Waals surface area contributed by atoms with Crippen molar-refractivity contribution in [2.75, 3.05) is 22.4 Å². The number of alkyl halides is 1. The van der Waals surface area contributed by atoms with Crippen LogP contribution in [-0.4, -0.2) is 21.1 Å². The van der Waals surface area contributed by atoms with Crippen molar-refractivity contribution in [3.8, 4) is 5.75 Å². The van der Waals surface area contributed by atoms with E-state index in [1.54, 1.807) is 19.1 Å². The number of hydrogen-bond donors (Lipinski definition) is 2. The maximum Gasteiger partial charge on any atom is 0.255 e. The summed E-state index contributed by atoms with van der Waals surface area (Å²) < 4.78 is 35.0. The molecule has 0 spiro atoms. The van der Waals surface area contributed by atoms with Crippen LogP contribution in [0.3, 0.4) is 0 Å². The Morgan fingerprint density at radius 2 is 1.96 bits per heavy atom. The number of rotatable bonds is 6. The number of benzene rings is 1. The number of aryl methyl sites for hydroxylation is 1. The molecule has 2 aromatic rings. The fourth-order valence-electron chi connectivity index (χ4n) is 2.07. The summed E-state index contributed by atoms with van der Waals surface area (Å²) in [7, 11) is 1.28. The number of nitrogens with zero attached hydrogens (tertiary/aromatic N) is 1. The second kappa shape index (κ2) is 10.2. The summed E-state index contributed by atoms with van der Waals surface area (Å²) in [5.41, 5.74) is 0.811. The van der Waals surface area contributed by atoms with Crippen molar-refractivity contribution in [1.29, 1.82) is 0 Å². The molecule has 0 saturated heterocycles. The Kier molecular flexibility index (Phi) is 8.60. The normalized spacial score (nSPS) is 11.2. The Labute approximate surface area is 159 Å². The number of nitrogens with one attached hydrogen (secondary N) is 2. The standard InChI is InChI=1S/C15H17ClFN3O3S.C2H6/c1-9-4-5-11(10(17)6-9)18-15-14(19-24(22)8-16)12(23-3)7-13(21)20(15)2;1-2/h4-7,18-19H,8H2,1-3H3;1-2H3. The molecule has 1 atom stereocenters. The van der Waals surface area contributed by atoms with E-state index < -0.39 is 16.8 Å². The lowest BCUT2D eigenvalue weighted by Crippen LogP contribution is -2.22. The van der Waals surface area contributed by atoms with E-state index in [1.807, 2.05) is 13.8 Å². The fourth-order valence-corrected chi connectivity index (χ4v) is 2.72. The summed E-state index contributed by atoms with van der Waals surface area (Å²) in [6.07, 6.45) is 0. The first-order chi connectivity index (χ1) is 12.4. The molecule has 1 heterocycles. The van der Waals surface area contributed by atoms with E-state index in [1.165, 1.54) is 30.9 Å². The highest BCUT2D eigenvalue weighted by Crippen LogP contribution is 2.33. The molecule has 0 aliphatic carbocycles. The van der Waals surface area contributed by atoms with E-state index in [0.717, 1.165) is 5.56 Å². The van der Waals surface area contributed by atoms with Crippen LogP contribution in [0.5, 0.6) is 5.75 Å². The van der Waals surface area contributed by atoms with Crippen molar-refractivity contribution >= 4 is 39.8 Å². The Bertz CT molecular complexity index is 843. The zero-order valence-corrected chi connectivity index (χ0v) is 16.9. The molecule has 0 amide bonds.